The van der Waals surface area contributed by atoms with Gasteiger partial charge in [-0.15, -0.1) is 0 Å². The summed E-state index contributed by atoms with van der Waals surface area (Å²) in [5.74, 6) is -2.81. The second-order valence-electron chi connectivity index (χ2n) is 8.18. The van der Waals surface area contributed by atoms with Crippen molar-refractivity contribution in [2.24, 2.45) is 5.92 Å². The number of nitrogens with zero attached hydrogens (tertiary/aromatic N) is 1. The van der Waals surface area contributed by atoms with Gasteiger partial charge in [0, 0.05) is 23.0 Å². The van der Waals surface area contributed by atoms with Gasteiger partial charge in [0.25, 0.3) is 0 Å². The molecule has 0 bridgehead atoms. The summed E-state index contributed by atoms with van der Waals surface area (Å²) in [6.07, 6.45) is 0.239. The van der Waals surface area contributed by atoms with Gasteiger partial charge in [-0.2, -0.15) is 0 Å². The third-order valence-electron chi connectivity index (χ3n) is 4.67. The third-order valence-corrected chi connectivity index (χ3v) is 5.20. The Kier molecular flexibility index (Phi) is 8.18. The summed E-state index contributed by atoms with van der Waals surface area (Å²) in [6.45, 7) is 7.41. The van der Waals surface area contributed by atoms with Crippen LogP contribution < -0.4 is 0 Å². The average molecular weight is 482 g/mol. The monoisotopic (exact) mass is 481 g/mol. The van der Waals surface area contributed by atoms with E-state index < -0.39 is 35.4 Å². The Balaban J connectivity index is 2.19. The molecule has 1 fully saturated rings. The summed E-state index contributed by atoms with van der Waals surface area (Å²) < 4.78 is 11.2. The quantitative estimate of drug-likeness (QED) is 0.329. The van der Waals surface area contributed by atoms with E-state index in [-0.39, 0.29) is 18.8 Å². The maximum absolute atomic E-state index is 13.0. The van der Waals surface area contributed by atoms with Crippen molar-refractivity contribution in [2.45, 2.75) is 58.6 Å². The first-order chi connectivity index (χ1) is 14.0. The molecule has 30 heavy (non-hydrogen) atoms. The summed E-state index contributed by atoms with van der Waals surface area (Å²) in [6, 6.07) is 5.85. The molecule has 0 spiro atoms. The third kappa shape index (κ3) is 6.39. The Bertz CT molecular complexity index is 799. The second kappa shape index (κ2) is 10.2. The zero-order valence-corrected chi connectivity index (χ0v) is 19.4. The highest BCUT2D eigenvalue weighted by Crippen LogP contribution is 2.25. The lowest BCUT2D eigenvalue weighted by Crippen LogP contribution is -2.44. The lowest BCUT2D eigenvalue weighted by Gasteiger charge is -2.28. The molecule has 1 aromatic rings. The number of ketones is 2. The normalized spacial score (nSPS) is 17.4. The van der Waals surface area contributed by atoms with Crippen molar-refractivity contribution in [1.29, 1.82) is 0 Å². The first kappa shape index (κ1) is 24.1. The average Bonchev–Trinajstić information content (AvgIpc) is 3.15. The maximum Gasteiger partial charge on any atom is 0.410 e. The fraction of sp³-hybridized carbons (Fsp3) is 0.545. The number of amides is 1. The zero-order chi connectivity index (χ0) is 22.5. The van der Waals surface area contributed by atoms with E-state index in [1.54, 1.807) is 52.0 Å². The van der Waals surface area contributed by atoms with Gasteiger partial charge < -0.3 is 9.47 Å². The predicted octanol–water partition coefficient (Wildman–Crippen LogP) is 4.17. The van der Waals surface area contributed by atoms with Crippen molar-refractivity contribution in [3.05, 3.63) is 34.3 Å². The van der Waals surface area contributed by atoms with Crippen molar-refractivity contribution in [2.75, 3.05) is 13.2 Å². The molecule has 1 saturated heterocycles. The molecule has 1 heterocycles. The Hall–Kier alpha value is -2.22. The molecule has 0 radical (unpaired) electrons. The van der Waals surface area contributed by atoms with Crippen LogP contribution in [0.25, 0.3) is 0 Å². The van der Waals surface area contributed by atoms with Gasteiger partial charge in [-0.3, -0.25) is 19.3 Å². The van der Waals surface area contributed by atoms with Gasteiger partial charge in [0.05, 0.1) is 12.6 Å². The molecule has 0 saturated carbocycles. The number of halogens is 1. The number of benzene rings is 1. The first-order valence-corrected chi connectivity index (χ1v) is 10.8. The number of ether oxygens (including phenoxy) is 2. The summed E-state index contributed by atoms with van der Waals surface area (Å²) in [7, 11) is 0. The minimum Gasteiger partial charge on any atom is -0.465 e. The van der Waals surface area contributed by atoms with E-state index in [0.717, 1.165) is 4.47 Å². The number of carbonyl (C=O) groups is 4. The van der Waals surface area contributed by atoms with Crippen LogP contribution in [0.3, 0.4) is 0 Å². The Morgan fingerprint density at radius 2 is 1.80 bits per heavy atom. The van der Waals surface area contributed by atoms with Crippen LogP contribution in [0.15, 0.2) is 28.7 Å². The Morgan fingerprint density at radius 3 is 2.37 bits per heavy atom. The van der Waals surface area contributed by atoms with Gasteiger partial charge in [-0.05, 0) is 52.7 Å². The summed E-state index contributed by atoms with van der Waals surface area (Å²) in [5.41, 5.74) is -0.363. The lowest BCUT2D eigenvalue weighted by atomic mass is 9.90. The Morgan fingerprint density at radius 1 is 1.17 bits per heavy atom. The van der Waals surface area contributed by atoms with E-state index in [2.05, 4.69) is 15.9 Å². The summed E-state index contributed by atoms with van der Waals surface area (Å²) in [4.78, 5) is 52.3. The number of Topliss-reactive ketones (excluding diaryl/α,β-unsaturated/α-hetero) is 2. The Labute approximate surface area is 185 Å². The summed E-state index contributed by atoms with van der Waals surface area (Å²) in [5, 5.41) is 0. The van der Waals surface area contributed by atoms with Crippen LogP contribution in [0.4, 0.5) is 4.79 Å². The van der Waals surface area contributed by atoms with Gasteiger partial charge in [0.15, 0.2) is 11.6 Å². The molecular formula is C22H28BrNO6. The van der Waals surface area contributed by atoms with Gasteiger partial charge in [0.2, 0.25) is 0 Å². The number of hydrogen-bond acceptors (Lipinski definition) is 6. The minimum atomic E-state index is -1.25. The van der Waals surface area contributed by atoms with Crippen LogP contribution in [0.5, 0.6) is 0 Å². The number of hydrogen-bond donors (Lipinski definition) is 0. The van der Waals surface area contributed by atoms with E-state index in [1.165, 1.54) is 4.90 Å². The number of carbonyl (C=O) groups excluding carboxylic acids is 4. The molecule has 8 heteroatoms. The van der Waals surface area contributed by atoms with Crippen molar-refractivity contribution in [1.82, 2.24) is 4.90 Å². The smallest absolute Gasteiger partial charge is 0.410 e. The van der Waals surface area contributed by atoms with E-state index in [9.17, 15) is 19.2 Å². The van der Waals surface area contributed by atoms with E-state index in [0.29, 0.717) is 24.9 Å². The van der Waals surface area contributed by atoms with Crippen LogP contribution in [0, 0.1) is 5.92 Å². The molecule has 0 N–H and O–H groups in total. The molecule has 1 unspecified atom stereocenters. The number of esters is 1. The largest absolute Gasteiger partial charge is 0.465 e. The first-order valence-electron chi connectivity index (χ1n) is 10.0. The molecule has 1 aliphatic rings. The van der Waals surface area contributed by atoms with E-state index in [4.69, 9.17) is 9.47 Å². The molecule has 164 valence electrons. The molecule has 7 nitrogen and oxygen atoms in total. The highest BCUT2D eigenvalue weighted by molar-refractivity contribution is 9.10. The van der Waals surface area contributed by atoms with E-state index >= 15 is 0 Å². The summed E-state index contributed by atoms with van der Waals surface area (Å²) >= 11 is 3.30. The van der Waals surface area contributed by atoms with Gasteiger partial charge in [-0.1, -0.05) is 28.1 Å². The molecule has 1 aromatic carbocycles. The number of rotatable bonds is 7. The minimum absolute atomic E-state index is 0.102. The fourth-order valence-electron chi connectivity index (χ4n) is 3.32. The highest BCUT2D eigenvalue weighted by atomic mass is 79.9. The van der Waals surface area contributed by atoms with E-state index in [1.807, 2.05) is 0 Å². The molecule has 0 aliphatic carbocycles. The molecule has 1 aliphatic heterocycles. The SMILES string of the molecule is CCOC(=O)C(CC(=O)[C@@H]1CCCN1C(=O)OC(C)(C)C)C(=O)c1ccc(Br)cc1. The van der Waals surface area contributed by atoms with Crippen molar-refractivity contribution >= 4 is 39.6 Å². The second-order valence-corrected chi connectivity index (χ2v) is 9.09. The molecule has 2 rings (SSSR count). The van der Waals surface area contributed by atoms with Crippen LogP contribution in [0.1, 0.15) is 57.3 Å². The molecule has 0 aromatic heterocycles. The predicted molar refractivity (Wildman–Crippen MR) is 114 cm³/mol. The maximum atomic E-state index is 13.0. The standard InChI is InChI=1S/C22H28BrNO6/c1-5-29-20(27)16(19(26)14-8-10-15(23)11-9-14)13-18(25)17-7-6-12-24(17)21(28)30-22(2,3)4/h8-11,16-17H,5-7,12-13H2,1-4H3/t16?,17-/m0/s1. The van der Waals surface area contributed by atoms with Crippen LogP contribution in [-0.2, 0) is 19.1 Å². The van der Waals surface area contributed by atoms with Crippen LogP contribution in [0.2, 0.25) is 0 Å². The molecule has 2 atom stereocenters. The zero-order valence-electron chi connectivity index (χ0n) is 17.8. The topological polar surface area (TPSA) is 90.0 Å². The molecular weight excluding hydrogens is 454 g/mol. The van der Waals surface area contributed by atoms with Gasteiger partial charge in [-0.25, -0.2) is 4.79 Å². The van der Waals surface area contributed by atoms with Crippen LogP contribution in [-0.4, -0.2) is 53.3 Å². The van der Waals surface area contributed by atoms with Gasteiger partial charge in [0.1, 0.15) is 11.5 Å². The van der Waals surface area contributed by atoms with Crippen LogP contribution >= 0.6 is 15.9 Å². The van der Waals surface area contributed by atoms with Crippen molar-refractivity contribution in [3.8, 4) is 0 Å². The highest BCUT2D eigenvalue weighted by Gasteiger charge is 2.40. The van der Waals surface area contributed by atoms with Crippen molar-refractivity contribution < 1.29 is 28.7 Å². The van der Waals surface area contributed by atoms with Crippen molar-refractivity contribution in [3.63, 3.8) is 0 Å². The fourth-order valence-corrected chi connectivity index (χ4v) is 3.58. The molecule has 1 amide bonds. The van der Waals surface area contributed by atoms with Gasteiger partial charge >= 0.3 is 12.1 Å². The lowest BCUT2D eigenvalue weighted by molar-refractivity contribution is -0.148. The number of likely N-dealkylation sites (tertiary alicyclic amines) is 1.